The average Bonchev–Trinajstić information content (AvgIpc) is 2.76. The molecule has 8 nitrogen and oxygen atoms in total. The van der Waals surface area contributed by atoms with Gasteiger partial charge in [-0.3, -0.25) is 14.9 Å². The number of carbonyl (C=O) groups excluding carboxylic acids is 1. The third-order valence-electron chi connectivity index (χ3n) is 5.25. The lowest BCUT2D eigenvalue weighted by Crippen LogP contribution is -2.36. The van der Waals surface area contributed by atoms with Gasteiger partial charge in [-0.1, -0.05) is 0 Å². The van der Waals surface area contributed by atoms with Crippen LogP contribution in [0.4, 0.5) is 24.5 Å². The Hall–Kier alpha value is -3.50. The minimum Gasteiger partial charge on any atom is -0.493 e. The van der Waals surface area contributed by atoms with E-state index in [0.717, 1.165) is 23.3 Å². The van der Waals surface area contributed by atoms with Gasteiger partial charge in [0, 0.05) is 32.1 Å². The molecule has 1 aliphatic heterocycles. The van der Waals surface area contributed by atoms with Crippen LogP contribution in [-0.4, -0.2) is 43.0 Å². The summed E-state index contributed by atoms with van der Waals surface area (Å²) in [5, 5.41) is 13.9. The SMILES string of the molecule is COc1cc2c(cc1OC)CN(C(=O)CCNc1ccc(C(F)(F)F)cc1[N+](=O)[O-])CC2. The quantitative estimate of drug-likeness (QED) is 0.503. The van der Waals surface area contributed by atoms with Crippen molar-refractivity contribution in [2.75, 3.05) is 32.6 Å². The zero-order valence-electron chi connectivity index (χ0n) is 17.5. The molecule has 1 N–H and O–H groups in total. The summed E-state index contributed by atoms with van der Waals surface area (Å²) in [7, 11) is 3.08. The van der Waals surface area contributed by atoms with Crippen molar-refractivity contribution in [3.8, 4) is 11.5 Å². The normalized spacial score (nSPS) is 13.3. The molecule has 0 atom stereocenters. The van der Waals surface area contributed by atoms with Crippen LogP contribution in [-0.2, 0) is 23.9 Å². The Morgan fingerprint density at radius 3 is 2.41 bits per heavy atom. The van der Waals surface area contributed by atoms with Crippen molar-refractivity contribution in [1.82, 2.24) is 4.90 Å². The number of amides is 1. The number of benzene rings is 2. The zero-order valence-corrected chi connectivity index (χ0v) is 17.5. The van der Waals surface area contributed by atoms with Crippen molar-refractivity contribution in [2.24, 2.45) is 0 Å². The van der Waals surface area contributed by atoms with Crippen LogP contribution in [0.2, 0.25) is 0 Å². The number of nitro benzene ring substituents is 1. The molecule has 172 valence electrons. The van der Waals surface area contributed by atoms with Crippen LogP contribution < -0.4 is 14.8 Å². The Bertz CT molecular complexity index is 1030. The summed E-state index contributed by atoms with van der Waals surface area (Å²) in [5.74, 6) is 1.01. The topological polar surface area (TPSA) is 93.9 Å². The number of nitrogens with one attached hydrogen (secondary N) is 1. The maximum Gasteiger partial charge on any atom is 0.416 e. The highest BCUT2D eigenvalue weighted by Gasteiger charge is 2.33. The molecule has 2 aromatic rings. The van der Waals surface area contributed by atoms with Gasteiger partial charge in [0.05, 0.1) is 24.7 Å². The summed E-state index contributed by atoms with van der Waals surface area (Å²) in [6, 6.07) is 5.97. The molecule has 0 spiro atoms. The minimum absolute atomic E-state index is 0.0286. The second-order valence-electron chi connectivity index (χ2n) is 7.20. The van der Waals surface area contributed by atoms with Crippen LogP contribution >= 0.6 is 0 Å². The molecule has 3 rings (SSSR count). The third kappa shape index (κ3) is 5.04. The van der Waals surface area contributed by atoms with Crippen LogP contribution in [0, 0.1) is 10.1 Å². The van der Waals surface area contributed by atoms with Crippen molar-refractivity contribution in [2.45, 2.75) is 25.6 Å². The number of nitrogens with zero attached hydrogens (tertiary/aromatic N) is 2. The first kappa shape index (κ1) is 23.2. The summed E-state index contributed by atoms with van der Waals surface area (Å²) in [5.41, 5.74) is 0.125. The van der Waals surface area contributed by atoms with Crippen LogP contribution in [0.15, 0.2) is 30.3 Å². The van der Waals surface area contributed by atoms with Gasteiger partial charge >= 0.3 is 6.18 Å². The zero-order chi connectivity index (χ0) is 23.5. The second-order valence-corrected chi connectivity index (χ2v) is 7.20. The molecule has 1 aliphatic rings. The largest absolute Gasteiger partial charge is 0.493 e. The number of nitro groups is 1. The number of fused-ring (bicyclic) bond motifs is 1. The fourth-order valence-corrected chi connectivity index (χ4v) is 3.57. The van der Waals surface area contributed by atoms with Gasteiger partial charge in [-0.15, -0.1) is 0 Å². The number of halogens is 3. The maximum atomic E-state index is 12.8. The number of carbonyl (C=O) groups is 1. The van der Waals surface area contributed by atoms with E-state index in [0.29, 0.717) is 37.1 Å². The van der Waals surface area contributed by atoms with Gasteiger partial charge in [0.1, 0.15) is 5.69 Å². The molecule has 1 heterocycles. The number of methoxy groups -OCH3 is 2. The van der Waals surface area contributed by atoms with E-state index in [2.05, 4.69) is 5.32 Å². The Balaban J connectivity index is 1.63. The lowest BCUT2D eigenvalue weighted by atomic mass is 9.98. The third-order valence-corrected chi connectivity index (χ3v) is 5.25. The van der Waals surface area contributed by atoms with E-state index in [1.807, 2.05) is 12.1 Å². The fourth-order valence-electron chi connectivity index (χ4n) is 3.57. The van der Waals surface area contributed by atoms with Crippen molar-refractivity contribution < 1.29 is 32.4 Å². The van der Waals surface area contributed by atoms with Crippen molar-refractivity contribution in [3.05, 3.63) is 57.1 Å². The van der Waals surface area contributed by atoms with Crippen molar-refractivity contribution >= 4 is 17.3 Å². The standard InChI is InChI=1S/C21H22F3N3O5/c1-31-18-9-13-6-8-26(12-14(13)10-19(18)32-2)20(28)5-7-25-16-4-3-15(21(22,23)24)11-17(16)27(29)30/h3-4,9-11,25H,5-8,12H2,1-2H3. The number of ether oxygens (including phenoxy) is 2. The van der Waals surface area contributed by atoms with E-state index in [9.17, 15) is 28.1 Å². The highest BCUT2D eigenvalue weighted by atomic mass is 19.4. The van der Waals surface area contributed by atoms with Gasteiger partial charge in [-0.05, 0) is 41.8 Å². The first-order valence-corrected chi connectivity index (χ1v) is 9.75. The molecule has 0 unspecified atom stereocenters. The molecule has 0 radical (unpaired) electrons. The fraction of sp³-hybridized carbons (Fsp3) is 0.381. The number of anilines is 1. The molecule has 0 aliphatic carbocycles. The molecule has 0 saturated carbocycles. The summed E-state index contributed by atoms with van der Waals surface area (Å²) < 4.78 is 49.1. The van der Waals surface area contributed by atoms with E-state index in [-0.39, 0.29) is 24.6 Å². The predicted molar refractivity (Wildman–Crippen MR) is 110 cm³/mol. The summed E-state index contributed by atoms with van der Waals surface area (Å²) >= 11 is 0. The van der Waals surface area contributed by atoms with E-state index in [1.54, 1.807) is 12.0 Å². The highest BCUT2D eigenvalue weighted by Crippen LogP contribution is 2.35. The second kappa shape index (κ2) is 9.33. The van der Waals surface area contributed by atoms with Gasteiger partial charge in [0.15, 0.2) is 11.5 Å². The van der Waals surface area contributed by atoms with Gasteiger partial charge in [0.25, 0.3) is 5.69 Å². The Labute approximate surface area is 182 Å². The molecular weight excluding hydrogens is 431 g/mol. The first-order chi connectivity index (χ1) is 15.1. The molecular formula is C21H22F3N3O5. The number of rotatable bonds is 7. The Morgan fingerprint density at radius 2 is 1.81 bits per heavy atom. The van der Waals surface area contributed by atoms with Crippen LogP contribution in [0.5, 0.6) is 11.5 Å². The summed E-state index contributed by atoms with van der Waals surface area (Å²) in [6.07, 6.45) is -4.02. The molecule has 0 fully saturated rings. The summed E-state index contributed by atoms with van der Waals surface area (Å²) in [6.45, 7) is 0.928. The summed E-state index contributed by atoms with van der Waals surface area (Å²) in [4.78, 5) is 24.6. The minimum atomic E-state index is -4.68. The molecule has 11 heteroatoms. The average molecular weight is 453 g/mol. The van der Waals surface area contributed by atoms with Crippen LogP contribution in [0.25, 0.3) is 0 Å². The molecule has 1 amide bonds. The van der Waals surface area contributed by atoms with Crippen LogP contribution in [0.1, 0.15) is 23.1 Å². The smallest absolute Gasteiger partial charge is 0.416 e. The van der Waals surface area contributed by atoms with E-state index >= 15 is 0 Å². The number of hydrogen-bond donors (Lipinski definition) is 1. The van der Waals surface area contributed by atoms with Crippen molar-refractivity contribution in [3.63, 3.8) is 0 Å². The highest BCUT2D eigenvalue weighted by molar-refractivity contribution is 5.77. The van der Waals surface area contributed by atoms with E-state index in [1.165, 1.54) is 7.11 Å². The lowest BCUT2D eigenvalue weighted by Gasteiger charge is -2.29. The monoisotopic (exact) mass is 453 g/mol. The van der Waals surface area contributed by atoms with Gasteiger partial charge in [0.2, 0.25) is 5.91 Å². The molecule has 0 bridgehead atoms. The number of hydrogen-bond acceptors (Lipinski definition) is 6. The van der Waals surface area contributed by atoms with Gasteiger partial charge in [-0.25, -0.2) is 0 Å². The van der Waals surface area contributed by atoms with Gasteiger partial charge in [-0.2, -0.15) is 13.2 Å². The lowest BCUT2D eigenvalue weighted by molar-refractivity contribution is -0.384. The van der Waals surface area contributed by atoms with Crippen LogP contribution in [0.3, 0.4) is 0 Å². The predicted octanol–water partition coefficient (Wildman–Crippen LogP) is 4.02. The molecule has 32 heavy (non-hydrogen) atoms. The maximum absolute atomic E-state index is 12.8. The Morgan fingerprint density at radius 1 is 1.16 bits per heavy atom. The van der Waals surface area contributed by atoms with E-state index < -0.39 is 22.4 Å². The molecule has 2 aromatic carbocycles. The molecule has 0 aromatic heterocycles. The first-order valence-electron chi connectivity index (χ1n) is 9.75. The van der Waals surface area contributed by atoms with E-state index in [4.69, 9.17) is 9.47 Å². The molecule has 0 saturated heterocycles. The van der Waals surface area contributed by atoms with Gasteiger partial charge < -0.3 is 19.7 Å². The van der Waals surface area contributed by atoms with Crippen molar-refractivity contribution in [1.29, 1.82) is 0 Å². The number of alkyl halides is 3. The Kier molecular flexibility index (Phi) is 6.75.